The third kappa shape index (κ3) is 4.03. The van der Waals surface area contributed by atoms with E-state index in [9.17, 15) is 9.90 Å². The number of aliphatic hydroxyl groups excluding tert-OH is 1. The molecule has 7 heteroatoms. The molecule has 162 valence electrons. The van der Waals surface area contributed by atoms with Gasteiger partial charge in [0, 0.05) is 30.7 Å². The molecule has 1 N–H and O–H groups in total. The van der Waals surface area contributed by atoms with Gasteiger partial charge in [-0.2, -0.15) is 0 Å². The first-order valence-electron chi connectivity index (χ1n) is 9.86. The van der Waals surface area contributed by atoms with Gasteiger partial charge < -0.3 is 29.0 Å². The first kappa shape index (κ1) is 21.8. The van der Waals surface area contributed by atoms with Crippen molar-refractivity contribution >= 4 is 5.91 Å². The SMILES string of the molecule is COc1ccc(C2(CCO)CCN(C(=O)c3cc(OC)c(OC)c(OC)c3)C2)cc1. The average molecular weight is 415 g/mol. The molecule has 1 heterocycles. The number of rotatable bonds is 8. The van der Waals surface area contributed by atoms with Gasteiger partial charge in [0.05, 0.1) is 28.4 Å². The minimum atomic E-state index is -0.294. The van der Waals surface area contributed by atoms with Gasteiger partial charge in [-0.25, -0.2) is 0 Å². The van der Waals surface area contributed by atoms with Crippen molar-refractivity contribution in [1.29, 1.82) is 0 Å². The molecule has 0 saturated carbocycles. The molecule has 1 aliphatic heterocycles. The number of hydrogen-bond acceptors (Lipinski definition) is 6. The predicted octanol–water partition coefficient (Wildman–Crippen LogP) is 2.89. The summed E-state index contributed by atoms with van der Waals surface area (Å²) in [5.41, 5.74) is 1.27. The van der Waals surface area contributed by atoms with Gasteiger partial charge in [0.1, 0.15) is 5.75 Å². The molecule has 1 amide bonds. The average Bonchev–Trinajstić information content (AvgIpc) is 3.23. The Morgan fingerprint density at radius 1 is 1.00 bits per heavy atom. The zero-order chi connectivity index (χ0) is 21.7. The highest BCUT2D eigenvalue weighted by atomic mass is 16.5. The molecule has 0 spiro atoms. The Bertz CT molecular complexity index is 857. The molecule has 0 aromatic heterocycles. The van der Waals surface area contributed by atoms with E-state index in [1.807, 2.05) is 29.2 Å². The molecule has 1 atom stereocenters. The summed E-state index contributed by atoms with van der Waals surface area (Å²) in [6.07, 6.45) is 1.36. The second-order valence-electron chi connectivity index (χ2n) is 7.37. The molecule has 2 aromatic rings. The van der Waals surface area contributed by atoms with Crippen molar-refractivity contribution in [2.24, 2.45) is 0 Å². The smallest absolute Gasteiger partial charge is 0.254 e. The van der Waals surface area contributed by atoms with Crippen LogP contribution in [0.5, 0.6) is 23.0 Å². The summed E-state index contributed by atoms with van der Waals surface area (Å²) in [6.45, 7) is 1.18. The van der Waals surface area contributed by atoms with Gasteiger partial charge >= 0.3 is 0 Å². The van der Waals surface area contributed by atoms with E-state index in [0.29, 0.717) is 42.3 Å². The Balaban J connectivity index is 1.89. The predicted molar refractivity (Wildman–Crippen MR) is 113 cm³/mol. The van der Waals surface area contributed by atoms with E-state index >= 15 is 0 Å². The molecule has 30 heavy (non-hydrogen) atoms. The second kappa shape index (κ2) is 9.26. The van der Waals surface area contributed by atoms with Crippen molar-refractivity contribution in [2.45, 2.75) is 18.3 Å². The minimum absolute atomic E-state index is 0.0538. The van der Waals surface area contributed by atoms with Gasteiger partial charge in [-0.3, -0.25) is 4.79 Å². The minimum Gasteiger partial charge on any atom is -0.497 e. The second-order valence-corrected chi connectivity index (χ2v) is 7.37. The third-order valence-corrected chi connectivity index (χ3v) is 5.85. The first-order chi connectivity index (χ1) is 14.5. The standard InChI is InChI=1S/C23H29NO6/c1-27-18-7-5-17(6-8-18)23(10-12-25)9-11-24(15-23)22(26)16-13-19(28-2)21(30-4)20(14-16)29-3/h5-8,13-14,25H,9-12,15H2,1-4H3. The van der Waals surface area contributed by atoms with Gasteiger partial charge in [0.25, 0.3) is 5.91 Å². The molecule has 1 saturated heterocycles. The van der Waals surface area contributed by atoms with Gasteiger partial charge in [0.15, 0.2) is 11.5 Å². The maximum Gasteiger partial charge on any atom is 0.254 e. The summed E-state index contributed by atoms with van der Waals surface area (Å²) in [4.78, 5) is 15.1. The van der Waals surface area contributed by atoms with Crippen LogP contribution < -0.4 is 18.9 Å². The summed E-state index contributed by atoms with van der Waals surface area (Å²) in [6, 6.07) is 11.2. The van der Waals surface area contributed by atoms with Crippen LogP contribution in [0, 0.1) is 0 Å². The van der Waals surface area contributed by atoms with Crippen molar-refractivity contribution in [3.8, 4) is 23.0 Å². The van der Waals surface area contributed by atoms with Crippen LogP contribution in [0.1, 0.15) is 28.8 Å². The van der Waals surface area contributed by atoms with E-state index in [4.69, 9.17) is 18.9 Å². The van der Waals surface area contributed by atoms with Crippen LogP contribution in [0.2, 0.25) is 0 Å². The number of nitrogens with zero attached hydrogens (tertiary/aromatic N) is 1. The van der Waals surface area contributed by atoms with Gasteiger partial charge in [-0.05, 0) is 42.7 Å². The molecular formula is C23H29NO6. The van der Waals surface area contributed by atoms with Crippen molar-refractivity contribution in [3.63, 3.8) is 0 Å². The summed E-state index contributed by atoms with van der Waals surface area (Å²) in [5, 5.41) is 9.72. The quantitative estimate of drug-likeness (QED) is 0.714. The van der Waals surface area contributed by atoms with Crippen LogP contribution in [-0.4, -0.2) is 64.0 Å². The fraction of sp³-hybridized carbons (Fsp3) is 0.435. The maximum atomic E-state index is 13.3. The maximum absolute atomic E-state index is 13.3. The zero-order valence-electron chi connectivity index (χ0n) is 17.9. The first-order valence-corrected chi connectivity index (χ1v) is 9.86. The number of carbonyl (C=O) groups is 1. The lowest BCUT2D eigenvalue weighted by Crippen LogP contribution is -2.35. The molecule has 1 unspecified atom stereocenters. The summed E-state index contributed by atoms with van der Waals surface area (Å²) in [7, 11) is 6.21. The molecule has 0 bridgehead atoms. The number of ether oxygens (including phenoxy) is 4. The molecule has 1 aliphatic rings. The summed E-state index contributed by atoms with van der Waals surface area (Å²) in [5.74, 6) is 2.00. The van der Waals surface area contributed by atoms with Crippen molar-refractivity contribution in [3.05, 3.63) is 47.5 Å². The van der Waals surface area contributed by atoms with E-state index in [-0.39, 0.29) is 17.9 Å². The van der Waals surface area contributed by atoms with E-state index in [1.165, 1.54) is 21.3 Å². The number of likely N-dealkylation sites (tertiary alicyclic amines) is 1. The lowest BCUT2D eigenvalue weighted by atomic mass is 9.77. The molecule has 0 radical (unpaired) electrons. The van der Waals surface area contributed by atoms with Crippen molar-refractivity contribution in [2.75, 3.05) is 48.1 Å². The van der Waals surface area contributed by atoms with Crippen molar-refractivity contribution < 1.29 is 28.8 Å². The van der Waals surface area contributed by atoms with Gasteiger partial charge in [-0.1, -0.05) is 12.1 Å². The fourth-order valence-corrected chi connectivity index (χ4v) is 4.18. The van der Waals surface area contributed by atoms with Crippen LogP contribution in [-0.2, 0) is 5.41 Å². The highest BCUT2D eigenvalue weighted by molar-refractivity contribution is 5.96. The molecule has 7 nitrogen and oxygen atoms in total. The number of carbonyl (C=O) groups excluding carboxylic acids is 1. The number of benzene rings is 2. The highest BCUT2D eigenvalue weighted by Gasteiger charge is 2.41. The highest BCUT2D eigenvalue weighted by Crippen LogP contribution is 2.41. The summed E-state index contributed by atoms with van der Waals surface area (Å²) >= 11 is 0. The van der Waals surface area contributed by atoms with E-state index in [1.54, 1.807) is 19.2 Å². The van der Waals surface area contributed by atoms with Crippen molar-refractivity contribution in [1.82, 2.24) is 4.90 Å². The molecule has 3 rings (SSSR count). The van der Waals surface area contributed by atoms with E-state index < -0.39 is 0 Å². The number of amides is 1. The molecular weight excluding hydrogens is 386 g/mol. The zero-order valence-corrected chi connectivity index (χ0v) is 17.9. The van der Waals surface area contributed by atoms with Crippen LogP contribution in [0.4, 0.5) is 0 Å². The lowest BCUT2D eigenvalue weighted by Gasteiger charge is -2.29. The number of hydrogen-bond donors (Lipinski definition) is 1. The Hall–Kier alpha value is -2.93. The van der Waals surface area contributed by atoms with Crippen LogP contribution in [0.25, 0.3) is 0 Å². The van der Waals surface area contributed by atoms with E-state index in [0.717, 1.165) is 17.7 Å². The van der Waals surface area contributed by atoms with E-state index in [2.05, 4.69) is 0 Å². The normalized spacial score (nSPS) is 18.2. The van der Waals surface area contributed by atoms with Gasteiger partial charge in [-0.15, -0.1) is 0 Å². The van der Waals surface area contributed by atoms with Crippen LogP contribution in [0.3, 0.4) is 0 Å². The Morgan fingerprint density at radius 2 is 1.63 bits per heavy atom. The fourth-order valence-electron chi connectivity index (χ4n) is 4.18. The molecule has 0 aliphatic carbocycles. The Labute approximate surface area is 177 Å². The van der Waals surface area contributed by atoms with Gasteiger partial charge in [0.2, 0.25) is 5.75 Å². The third-order valence-electron chi connectivity index (χ3n) is 5.85. The molecule has 1 fully saturated rings. The summed E-state index contributed by atoms with van der Waals surface area (Å²) < 4.78 is 21.4. The molecule has 2 aromatic carbocycles. The Kier molecular flexibility index (Phi) is 6.72. The largest absolute Gasteiger partial charge is 0.497 e. The lowest BCUT2D eigenvalue weighted by molar-refractivity contribution is 0.0778. The topological polar surface area (TPSA) is 77.5 Å². The number of aliphatic hydroxyl groups is 1. The van der Waals surface area contributed by atoms with Crippen LogP contribution >= 0.6 is 0 Å². The number of methoxy groups -OCH3 is 4. The monoisotopic (exact) mass is 415 g/mol. The van der Waals surface area contributed by atoms with Crippen LogP contribution in [0.15, 0.2) is 36.4 Å². The Morgan fingerprint density at radius 3 is 2.13 bits per heavy atom.